The summed E-state index contributed by atoms with van der Waals surface area (Å²) in [5, 5.41) is 15.5. The number of aromatic amines is 1. The summed E-state index contributed by atoms with van der Waals surface area (Å²) < 4.78 is 0. The minimum Gasteiger partial charge on any atom is -0.355 e. The largest absolute Gasteiger partial charge is 0.355 e. The highest BCUT2D eigenvalue weighted by molar-refractivity contribution is 5.92. The molecule has 2 saturated heterocycles. The van der Waals surface area contributed by atoms with Gasteiger partial charge in [-0.1, -0.05) is 0 Å². The van der Waals surface area contributed by atoms with Crippen LogP contribution in [0.2, 0.25) is 0 Å². The van der Waals surface area contributed by atoms with E-state index in [1.54, 1.807) is 12.3 Å². The van der Waals surface area contributed by atoms with Crippen LogP contribution in [0.5, 0.6) is 0 Å². The Morgan fingerprint density at radius 3 is 2.72 bits per heavy atom. The van der Waals surface area contributed by atoms with Crippen LogP contribution in [-0.4, -0.2) is 57.4 Å². The number of piperidine rings is 1. The molecule has 0 aromatic carbocycles. The maximum Gasteiger partial charge on any atom is 0.271 e. The van der Waals surface area contributed by atoms with Crippen molar-refractivity contribution in [1.29, 1.82) is 0 Å². The third-order valence-corrected chi connectivity index (χ3v) is 5.17. The molecule has 1 N–H and O–H groups in total. The Labute approximate surface area is 147 Å². The molecule has 0 bridgehead atoms. The summed E-state index contributed by atoms with van der Waals surface area (Å²) in [4.78, 5) is 16.7. The van der Waals surface area contributed by atoms with Crippen molar-refractivity contribution in [1.82, 2.24) is 25.3 Å². The monoisotopic (exact) mass is 340 g/mol. The van der Waals surface area contributed by atoms with Crippen LogP contribution in [0.4, 0.5) is 5.82 Å². The molecule has 4 rings (SSSR count). The lowest BCUT2D eigenvalue weighted by molar-refractivity contribution is 0.0666. The van der Waals surface area contributed by atoms with Crippen LogP contribution in [0.3, 0.4) is 0 Å². The molecule has 132 valence electrons. The van der Waals surface area contributed by atoms with Crippen molar-refractivity contribution in [3.05, 3.63) is 35.8 Å². The van der Waals surface area contributed by atoms with Gasteiger partial charge in [0.15, 0.2) is 5.82 Å². The molecule has 2 aliphatic heterocycles. The topological polar surface area (TPSA) is 78.0 Å². The van der Waals surface area contributed by atoms with Crippen LogP contribution in [0.1, 0.15) is 41.9 Å². The van der Waals surface area contributed by atoms with Gasteiger partial charge in [0.25, 0.3) is 5.91 Å². The van der Waals surface area contributed by atoms with Gasteiger partial charge in [0.1, 0.15) is 5.69 Å². The summed E-state index contributed by atoms with van der Waals surface area (Å²) >= 11 is 0. The van der Waals surface area contributed by atoms with Crippen LogP contribution in [0.25, 0.3) is 0 Å². The second-order valence-electron chi connectivity index (χ2n) is 7.01. The van der Waals surface area contributed by atoms with Gasteiger partial charge < -0.3 is 9.80 Å². The van der Waals surface area contributed by atoms with Crippen LogP contribution >= 0.6 is 0 Å². The minimum absolute atomic E-state index is 0.0395. The summed E-state index contributed by atoms with van der Waals surface area (Å²) in [5.41, 5.74) is 1.58. The first-order valence-corrected chi connectivity index (χ1v) is 9.16. The Balaban J connectivity index is 1.36. The van der Waals surface area contributed by atoms with E-state index < -0.39 is 0 Å². The number of carbonyl (C=O) groups excluding carboxylic acids is 1. The zero-order valence-corrected chi connectivity index (χ0v) is 14.4. The van der Waals surface area contributed by atoms with Crippen LogP contribution in [-0.2, 0) is 6.42 Å². The molecule has 0 aliphatic carbocycles. The van der Waals surface area contributed by atoms with Gasteiger partial charge in [-0.05, 0) is 56.2 Å². The smallest absolute Gasteiger partial charge is 0.271 e. The highest BCUT2D eigenvalue weighted by atomic mass is 16.2. The fraction of sp³-hybridized carbons (Fsp3) is 0.556. The van der Waals surface area contributed by atoms with Crippen molar-refractivity contribution >= 4 is 11.7 Å². The SMILES string of the molecule is O=C(c1ccn[nH]1)N1CCC[C@@H](Cc2ccc(N3CCCC3)nn2)C1. The average molecular weight is 340 g/mol. The first-order valence-electron chi connectivity index (χ1n) is 9.16. The van der Waals surface area contributed by atoms with E-state index in [0.29, 0.717) is 11.6 Å². The molecule has 2 fully saturated rings. The fourth-order valence-electron chi connectivity index (χ4n) is 3.83. The van der Waals surface area contributed by atoms with E-state index in [0.717, 1.165) is 57.0 Å². The lowest BCUT2D eigenvalue weighted by Gasteiger charge is -2.32. The standard InChI is InChI=1S/C18H24N6O/c25-18(16-7-8-19-21-16)24-11-3-4-14(13-24)12-15-5-6-17(22-20-15)23-9-1-2-10-23/h5-8,14H,1-4,9-13H2,(H,19,21)/t14-/m0/s1. The van der Waals surface area contributed by atoms with Gasteiger partial charge in [-0.3, -0.25) is 9.89 Å². The number of nitrogens with one attached hydrogen (secondary N) is 1. The van der Waals surface area contributed by atoms with Gasteiger partial charge >= 0.3 is 0 Å². The fourth-order valence-corrected chi connectivity index (χ4v) is 3.83. The number of amides is 1. The molecular weight excluding hydrogens is 316 g/mol. The Hall–Kier alpha value is -2.44. The number of rotatable bonds is 4. The number of H-pyrrole nitrogens is 1. The molecule has 2 aromatic rings. The molecule has 7 nitrogen and oxygen atoms in total. The van der Waals surface area contributed by atoms with Crippen LogP contribution < -0.4 is 4.90 Å². The van der Waals surface area contributed by atoms with E-state index in [9.17, 15) is 4.79 Å². The average Bonchev–Trinajstić information content (AvgIpc) is 3.36. The predicted molar refractivity (Wildman–Crippen MR) is 94.4 cm³/mol. The molecule has 0 radical (unpaired) electrons. The molecular formula is C18H24N6O. The van der Waals surface area contributed by atoms with Crippen LogP contribution in [0, 0.1) is 5.92 Å². The molecule has 0 saturated carbocycles. The number of anilines is 1. The Morgan fingerprint density at radius 1 is 1.12 bits per heavy atom. The Kier molecular flexibility index (Phi) is 4.63. The number of hydrogen-bond donors (Lipinski definition) is 1. The summed E-state index contributed by atoms with van der Waals surface area (Å²) in [6, 6.07) is 5.91. The lowest BCUT2D eigenvalue weighted by atomic mass is 9.93. The number of aromatic nitrogens is 4. The van der Waals surface area contributed by atoms with Crippen molar-refractivity contribution in [3.63, 3.8) is 0 Å². The van der Waals surface area contributed by atoms with Crippen molar-refractivity contribution < 1.29 is 4.79 Å². The van der Waals surface area contributed by atoms with Gasteiger partial charge in [-0.15, -0.1) is 5.10 Å². The van der Waals surface area contributed by atoms with Crippen molar-refractivity contribution in [2.75, 3.05) is 31.1 Å². The molecule has 1 atom stereocenters. The van der Waals surface area contributed by atoms with Crippen LogP contribution in [0.15, 0.2) is 24.4 Å². The highest BCUT2D eigenvalue weighted by Gasteiger charge is 2.25. The summed E-state index contributed by atoms with van der Waals surface area (Å²) in [7, 11) is 0. The van der Waals surface area contributed by atoms with E-state index >= 15 is 0 Å². The number of hydrogen-bond acceptors (Lipinski definition) is 5. The summed E-state index contributed by atoms with van der Waals surface area (Å²) in [5.74, 6) is 1.46. The first kappa shape index (κ1) is 16.1. The number of nitrogens with zero attached hydrogens (tertiary/aromatic N) is 5. The van der Waals surface area contributed by atoms with E-state index in [-0.39, 0.29) is 5.91 Å². The van der Waals surface area contributed by atoms with E-state index in [1.807, 2.05) is 4.90 Å². The quantitative estimate of drug-likeness (QED) is 0.920. The van der Waals surface area contributed by atoms with Gasteiger partial charge in [0.2, 0.25) is 0 Å². The molecule has 0 spiro atoms. The molecule has 2 aromatic heterocycles. The Morgan fingerprint density at radius 2 is 2.00 bits per heavy atom. The maximum atomic E-state index is 12.5. The molecule has 1 amide bonds. The summed E-state index contributed by atoms with van der Waals surface area (Å²) in [6.45, 7) is 3.75. The highest BCUT2D eigenvalue weighted by Crippen LogP contribution is 2.22. The first-order chi connectivity index (χ1) is 12.3. The zero-order valence-electron chi connectivity index (χ0n) is 14.4. The second-order valence-corrected chi connectivity index (χ2v) is 7.01. The zero-order chi connectivity index (χ0) is 17.1. The number of carbonyl (C=O) groups is 1. The van der Waals surface area contributed by atoms with Gasteiger partial charge in [-0.2, -0.15) is 10.2 Å². The third kappa shape index (κ3) is 3.65. The normalized spacial score (nSPS) is 20.9. The molecule has 0 unspecified atom stereocenters. The predicted octanol–water partition coefficient (Wildman–Crippen LogP) is 1.89. The maximum absolute atomic E-state index is 12.5. The second kappa shape index (κ2) is 7.21. The van der Waals surface area contributed by atoms with Gasteiger partial charge in [-0.25, -0.2) is 0 Å². The van der Waals surface area contributed by atoms with Crippen molar-refractivity contribution in [2.45, 2.75) is 32.1 Å². The van der Waals surface area contributed by atoms with Gasteiger partial charge in [0, 0.05) is 32.4 Å². The molecule has 4 heterocycles. The van der Waals surface area contributed by atoms with E-state index in [1.165, 1.54) is 12.8 Å². The van der Waals surface area contributed by atoms with Crippen molar-refractivity contribution in [3.8, 4) is 0 Å². The van der Waals surface area contributed by atoms with Crippen molar-refractivity contribution in [2.24, 2.45) is 5.92 Å². The summed E-state index contributed by atoms with van der Waals surface area (Å²) in [6.07, 6.45) is 7.13. The minimum atomic E-state index is 0.0395. The molecule has 7 heteroatoms. The Bertz CT molecular complexity index is 693. The van der Waals surface area contributed by atoms with E-state index in [4.69, 9.17) is 0 Å². The number of likely N-dealkylation sites (tertiary alicyclic amines) is 1. The lowest BCUT2D eigenvalue weighted by Crippen LogP contribution is -2.40. The third-order valence-electron chi connectivity index (χ3n) is 5.17. The van der Waals surface area contributed by atoms with Gasteiger partial charge in [0.05, 0.1) is 5.69 Å². The molecule has 25 heavy (non-hydrogen) atoms. The molecule has 2 aliphatic rings. The van der Waals surface area contributed by atoms with E-state index in [2.05, 4.69) is 37.4 Å².